The van der Waals surface area contributed by atoms with Gasteiger partial charge in [-0.25, -0.2) is 4.39 Å². The van der Waals surface area contributed by atoms with E-state index in [1.54, 1.807) is 12.1 Å². The first kappa shape index (κ1) is 10.6. The summed E-state index contributed by atoms with van der Waals surface area (Å²) in [5, 5.41) is 3.49. The zero-order valence-electron chi connectivity index (χ0n) is 9.22. The van der Waals surface area contributed by atoms with E-state index in [1.807, 2.05) is 6.92 Å². The molecule has 1 unspecified atom stereocenters. The fraction of sp³-hybridized carbons (Fsp3) is 0.538. The second-order valence-electron chi connectivity index (χ2n) is 4.42. The molecule has 2 rings (SSSR count). The van der Waals surface area contributed by atoms with Crippen molar-refractivity contribution in [2.24, 2.45) is 0 Å². The van der Waals surface area contributed by atoms with Gasteiger partial charge in [-0.1, -0.05) is 18.9 Å². The fourth-order valence-electron chi connectivity index (χ4n) is 2.28. The average molecular weight is 207 g/mol. The molecule has 0 aromatic heterocycles. The van der Waals surface area contributed by atoms with Gasteiger partial charge in [0.1, 0.15) is 5.82 Å². The second kappa shape index (κ2) is 4.75. The molecule has 1 saturated heterocycles. The normalized spacial score (nSPS) is 22.4. The Kier molecular flexibility index (Phi) is 3.37. The third kappa shape index (κ3) is 2.78. The van der Waals surface area contributed by atoms with Crippen molar-refractivity contribution in [3.8, 4) is 0 Å². The zero-order chi connectivity index (χ0) is 10.7. The molecule has 0 amide bonds. The number of hydrogen-bond donors (Lipinski definition) is 1. The topological polar surface area (TPSA) is 12.0 Å². The van der Waals surface area contributed by atoms with Crippen molar-refractivity contribution in [3.63, 3.8) is 0 Å². The molecule has 1 atom stereocenters. The van der Waals surface area contributed by atoms with Crippen molar-refractivity contribution in [1.29, 1.82) is 0 Å². The van der Waals surface area contributed by atoms with Crippen LogP contribution < -0.4 is 5.32 Å². The van der Waals surface area contributed by atoms with Gasteiger partial charge >= 0.3 is 0 Å². The number of rotatable bonds is 1. The predicted molar refractivity (Wildman–Crippen MR) is 60.3 cm³/mol. The van der Waals surface area contributed by atoms with Crippen LogP contribution in [0, 0.1) is 12.7 Å². The maximum atomic E-state index is 13.3. The summed E-state index contributed by atoms with van der Waals surface area (Å²) >= 11 is 0. The Hall–Kier alpha value is -0.890. The molecule has 15 heavy (non-hydrogen) atoms. The van der Waals surface area contributed by atoms with Crippen LogP contribution in [0.3, 0.4) is 0 Å². The van der Waals surface area contributed by atoms with Crippen LogP contribution in [-0.2, 0) is 0 Å². The minimum Gasteiger partial charge on any atom is -0.310 e. The smallest absolute Gasteiger partial charge is 0.123 e. The number of benzene rings is 1. The van der Waals surface area contributed by atoms with E-state index in [-0.39, 0.29) is 5.82 Å². The molecule has 1 fully saturated rings. The van der Waals surface area contributed by atoms with E-state index in [0.29, 0.717) is 6.04 Å². The Morgan fingerprint density at radius 1 is 1.20 bits per heavy atom. The lowest BCUT2D eigenvalue weighted by atomic mass is 10.0. The predicted octanol–water partition coefficient (Wildman–Crippen LogP) is 3.34. The molecular weight excluding hydrogens is 189 g/mol. The molecule has 1 aromatic rings. The molecule has 1 N–H and O–H groups in total. The summed E-state index contributed by atoms with van der Waals surface area (Å²) < 4.78 is 13.3. The van der Waals surface area contributed by atoms with Crippen LogP contribution in [0.25, 0.3) is 0 Å². The molecule has 1 aliphatic heterocycles. The third-order valence-electron chi connectivity index (χ3n) is 3.03. The van der Waals surface area contributed by atoms with Crippen LogP contribution >= 0.6 is 0 Å². The SMILES string of the molecule is Cc1cc(F)cc(C2CCCCCN2)c1. The first-order valence-corrected chi connectivity index (χ1v) is 5.76. The Bertz CT molecular complexity index is 307. The molecule has 1 aromatic carbocycles. The Balaban J connectivity index is 2.19. The average Bonchev–Trinajstić information content (AvgIpc) is 2.43. The highest BCUT2D eigenvalue weighted by atomic mass is 19.1. The Morgan fingerprint density at radius 2 is 2.07 bits per heavy atom. The van der Waals surface area contributed by atoms with Gasteiger partial charge in [-0.2, -0.15) is 0 Å². The lowest BCUT2D eigenvalue weighted by Crippen LogP contribution is -2.20. The highest BCUT2D eigenvalue weighted by Crippen LogP contribution is 2.24. The van der Waals surface area contributed by atoms with Crippen molar-refractivity contribution in [2.45, 2.75) is 38.6 Å². The quantitative estimate of drug-likeness (QED) is 0.744. The van der Waals surface area contributed by atoms with Gasteiger partial charge < -0.3 is 5.32 Å². The van der Waals surface area contributed by atoms with Gasteiger partial charge in [0.05, 0.1) is 0 Å². The fourth-order valence-corrected chi connectivity index (χ4v) is 2.28. The monoisotopic (exact) mass is 207 g/mol. The van der Waals surface area contributed by atoms with Gasteiger partial charge in [0.2, 0.25) is 0 Å². The van der Waals surface area contributed by atoms with Crippen LogP contribution in [-0.4, -0.2) is 6.54 Å². The maximum Gasteiger partial charge on any atom is 0.123 e. The number of aryl methyl sites for hydroxylation is 1. The lowest BCUT2D eigenvalue weighted by Gasteiger charge is -2.16. The molecule has 0 bridgehead atoms. The minimum atomic E-state index is -0.115. The molecule has 0 spiro atoms. The molecule has 1 heterocycles. The first-order valence-electron chi connectivity index (χ1n) is 5.76. The maximum absolute atomic E-state index is 13.3. The van der Waals surface area contributed by atoms with Crippen LogP contribution in [0.4, 0.5) is 4.39 Å². The lowest BCUT2D eigenvalue weighted by molar-refractivity contribution is 0.528. The summed E-state index contributed by atoms with van der Waals surface area (Å²) in [5.41, 5.74) is 2.12. The molecule has 82 valence electrons. The van der Waals surface area contributed by atoms with E-state index in [0.717, 1.165) is 24.1 Å². The summed E-state index contributed by atoms with van der Waals surface area (Å²) in [7, 11) is 0. The van der Waals surface area contributed by atoms with Gasteiger partial charge in [0.15, 0.2) is 0 Å². The molecular formula is C13H18FN. The van der Waals surface area contributed by atoms with E-state index in [4.69, 9.17) is 0 Å². The number of halogens is 1. The van der Waals surface area contributed by atoms with Crippen LogP contribution in [0.5, 0.6) is 0 Å². The van der Waals surface area contributed by atoms with Gasteiger partial charge in [0, 0.05) is 6.04 Å². The largest absolute Gasteiger partial charge is 0.310 e. The third-order valence-corrected chi connectivity index (χ3v) is 3.03. The number of nitrogens with one attached hydrogen (secondary N) is 1. The van der Waals surface area contributed by atoms with E-state index in [2.05, 4.69) is 11.4 Å². The summed E-state index contributed by atoms with van der Waals surface area (Å²) in [6.07, 6.45) is 4.90. The first-order chi connectivity index (χ1) is 7.25. The Morgan fingerprint density at radius 3 is 2.87 bits per heavy atom. The summed E-state index contributed by atoms with van der Waals surface area (Å²) in [5.74, 6) is -0.115. The van der Waals surface area contributed by atoms with Crippen molar-refractivity contribution >= 4 is 0 Å². The molecule has 0 aliphatic carbocycles. The van der Waals surface area contributed by atoms with Crippen LogP contribution in [0.15, 0.2) is 18.2 Å². The van der Waals surface area contributed by atoms with Gasteiger partial charge in [-0.3, -0.25) is 0 Å². The van der Waals surface area contributed by atoms with Crippen molar-refractivity contribution < 1.29 is 4.39 Å². The highest BCUT2D eigenvalue weighted by Gasteiger charge is 2.14. The zero-order valence-corrected chi connectivity index (χ0v) is 9.22. The number of hydrogen-bond acceptors (Lipinski definition) is 1. The van der Waals surface area contributed by atoms with E-state index < -0.39 is 0 Å². The van der Waals surface area contributed by atoms with Gasteiger partial charge in [0.25, 0.3) is 0 Å². The van der Waals surface area contributed by atoms with E-state index in [1.165, 1.54) is 19.3 Å². The molecule has 0 saturated carbocycles. The molecule has 1 nitrogen and oxygen atoms in total. The van der Waals surface area contributed by atoms with E-state index in [9.17, 15) is 4.39 Å². The van der Waals surface area contributed by atoms with Crippen LogP contribution in [0.1, 0.15) is 42.9 Å². The van der Waals surface area contributed by atoms with E-state index >= 15 is 0 Å². The van der Waals surface area contributed by atoms with Gasteiger partial charge in [-0.15, -0.1) is 0 Å². The summed E-state index contributed by atoms with van der Waals surface area (Å²) in [6, 6.07) is 5.68. The summed E-state index contributed by atoms with van der Waals surface area (Å²) in [4.78, 5) is 0. The second-order valence-corrected chi connectivity index (χ2v) is 4.42. The molecule has 2 heteroatoms. The summed E-state index contributed by atoms with van der Waals surface area (Å²) in [6.45, 7) is 3.00. The molecule has 1 aliphatic rings. The highest BCUT2D eigenvalue weighted by molar-refractivity contribution is 5.26. The Labute approximate surface area is 90.7 Å². The molecule has 0 radical (unpaired) electrons. The van der Waals surface area contributed by atoms with Crippen molar-refractivity contribution in [2.75, 3.05) is 6.54 Å². The minimum absolute atomic E-state index is 0.115. The van der Waals surface area contributed by atoms with Crippen molar-refractivity contribution in [3.05, 3.63) is 35.1 Å². The standard InChI is InChI=1S/C13H18FN/c1-10-7-11(9-12(14)8-10)13-5-3-2-4-6-15-13/h7-9,13,15H,2-6H2,1H3. The van der Waals surface area contributed by atoms with Crippen molar-refractivity contribution in [1.82, 2.24) is 5.32 Å². The van der Waals surface area contributed by atoms with Gasteiger partial charge in [-0.05, 0) is 49.6 Å². The van der Waals surface area contributed by atoms with Crippen LogP contribution in [0.2, 0.25) is 0 Å².